The van der Waals surface area contributed by atoms with E-state index in [4.69, 9.17) is 10.2 Å². The Morgan fingerprint density at radius 1 is 1.38 bits per heavy atom. The first-order chi connectivity index (χ1) is 6.07. The zero-order chi connectivity index (χ0) is 10.0. The fourth-order valence-electron chi connectivity index (χ4n) is 1.16. The zero-order valence-electron chi connectivity index (χ0n) is 7.00. The highest BCUT2D eigenvalue weighted by Gasteiger charge is 2.20. The number of carboxylic acids is 2. The van der Waals surface area contributed by atoms with Gasteiger partial charge in [0.1, 0.15) is 0 Å². The fourth-order valence-corrected chi connectivity index (χ4v) is 1.16. The van der Waals surface area contributed by atoms with Crippen LogP contribution in [0.3, 0.4) is 0 Å². The van der Waals surface area contributed by atoms with Gasteiger partial charge in [0.2, 0.25) is 0 Å². The molecule has 0 aliphatic rings. The molecule has 1 aromatic rings. The number of carbonyl (C=O) groups is 2. The molecule has 0 fully saturated rings. The van der Waals surface area contributed by atoms with E-state index < -0.39 is 11.9 Å². The normalized spacial score (nSPS) is 9.92. The third kappa shape index (κ3) is 1.53. The number of H-pyrrole nitrogens is 1. The molecule has 0 saturated heterocycles. The van der Waals surface area contributed by atoms with Crippen molar-refractivity contribution in [3.8, 4) is 0 Å². The minimum absolute atomic E-state index is 0.144. The molecule has 0 unspecified atom stereocenters. The van der Waals surface area contributed by atoms with Crippen molar-refractivity contribution in [2.75, 3.05) is 0 Å². The lowest BCUT2D eigenvalue weighted by atomic mass is 10.1. The molecule has 0 spiro atoms. The molecular weight excluding hydrogens is 174 g/mol. The summed E-state index contributed by atoms with van der Waals surface area (Å²) in [6.07, 6.45) is 1.67. The van der Waals surface area contributed by atoms with Crippen molar-refractivity contribution < 1.29 is 19.8 Å². The molecule has 0 saturated carbocycles. The molecule has 13 heavy (non-hydrogen) atoms. The molecule has 1 rings (SSSR count). The van der Waals surface area contributed by atoms with Crippen LogP contribution in [0.1, 0.15) is 33.3 Å². The van der Waals surface area contributed by atoms with Gasteiger partial charge >= 0.3 is 11.9 Å². The summed E-state index contributed by atoms with van der Waals surface area (Å²) < 4.78 is 0. The number of rotatable bonds is 3. The molecule has 1 heterocycles. The summed E-state index contributed by atoms with van der Waals surface area (Å²) in [6.45, 7) is 1.75. The monoisotopic (exact) mass is 183 g/mol. The SMILES string of the molecule is CCc1[nH]cc(C(=O)O)c1C(=O)O. The van der Waals surface area contributed by atoms with Gasteiger partial charge in [0, 0.05) is 11.9 Å². The standard InChI is InChI=1S/C8H9NO4/c1-2-5-6(8(12)13)4(3-9-5)7(10)11/h3,9H,2H2,1H3,(H,10,11)(H,12,13). The van der Waals surface area contributed by atoms with Crippen molar-refractivity contribution in [3.05, 3.63) is 23.0 Å². The number of hydrogen-bond donors (Lipinski definition) is 3. The highest BCUT2D eigenvalue weighted by Crippen LogP contribution is 2.14. The molecule has 0 radical (unpaired) electrons. The van der Waals surface area contributed by atoms with Crippen molar-refractivity contribution in [1.29, 1.82) is 0 Å². The lowest BCUT2D eigenvalue weighted by Crippen LogP contribution is -2.06. The maximum atomic E-state index is 10.7. The van der Waals surface area contributed by atoms with Gasteiger partial charge in [0.15, 0.2) is 0 Å². The van der Waals surface area contributed by atoms with E-state index in [1.165, 1.54) is 6.20 Å². The summed E-state index contributed by atoms with van der Waals surface area (Å²) in [5.41, 5.74) is 0.101. The summed E-state index contributed by atoms with van der Waals surface area (Å²) >= 11 is 0. The van der Waals surface area contributed by atoms with Gasteiger partial charge in [-0.3, -0.25) is 0 Å². The van der Waals surface area contributed by atoms with E-state index in [-0.39, 0.29) is 11.1 Å². The van der Waals surface area contributed by atoms with Gasteiger partial charge in [0.05, 0.1) is 11.1 Å². The van der Waals surface area contributed by atoms with E-state index in [9.17, 15) is 9.59 Å². The van der Waals surface area contributed by atoms with Crippen LogP contribution in [0.15, 0.2) is 6.20 Å². The van der Waals surface area contributed by atoms with Crippen molar-refractivity contribution in [2.45, 2.75) is 13.3 Å². The maximum absolute atomic E-state index is 10.7. The molecule has 5 nitrogen and oxygen atoms in total. The predicted octanol–water partition coefficient (Wildman–Crippen LogP) is 0.974. The van der Waals surface area contributed by atoms with E-state index in [1.54, 1.807) is 6.92 Å². The van der Waals surface area contributed by atoms with E-state index in [0.29, 0.717) is 12.1 Å². The van der Waals surface area contributed by atoms with E-state index in [2.05, 4.69) is 4.98 Å². The second-order valence-corrected chi connectivity index (χ2v) is 2.52. The second-order valence-electron chi connectivity index (χ2n) is 2.52. The lowest BCUT2D eigenvalue weighted by molar-refractivity contribution is 0.0652. The van der Waals surface area contributed by atoms with Crippen LogP contribution < -0.4 is 0 Å². The molecule has 0 amide bonds. The smallest absolute Gasteiger partial charge is 0.338 e. The predicted molar refractivity (Wildman–Crippen MR) is 44.1 cm³/mol. The number of aryl methyl sites for hydroxylation is 1. The van der Waals surface area contributed by atoms with Crippen LogP contribution in [0.5, 0.6) is 0 Å². The maximum Gasteiger partial charge on any atom is 0.338 e. The van der Waals surface area contributed by atoms with Crippen molar-refractivity contribution >= 4 is 11.9 Å². The zero-order valence-corrected chi connectivity index (χ0v) is 7.00. The fraction of sp³-hybridized carbons (Fsp3) is 0.250. The van der Waals surface area contributed by atoms with E-state index >= 15 is 0 Å². The average Bonchev–Trinajstić information content (AvgIpc) is 2.46. The third-order valence-electron chi connectivity index (χ3n) is 1.76. The van der Waals surface area contributed by atoms with Gasteiger partial charge in [-0.25, -0.2) is 9.59 Å². The highest BCUT2D eigenvalue weighted by molar-refractivity contribution is 6.02. The summed E-state index contributed by atoms with van der Waals surface area (Å²) in [5, 5.41) is 17.4. The Hall–Kier alpha value is -1.78. The van der Waals surface area contributed by atoms with Crippen LogP contribution in [0.25, 0.3) is 0 Å². The minimum Gasteiger partial charge on any atom is -0.478 e. The first-order valence-electron chi connectivity index (χ1n) is 3.74. The van der Waals surface area contributed by atoms with Crippen molar-refractivity contribution in [1.82, 2.24) is 4.98 Å². The average molecular weight is 183 g/mol. The summed E-state index contributed by atoms with van der Waals surface area (Å²) in [5.74, 6) is -2.44. The van der Waals surface area contributed by atoms with Gasteiger partial charge in [-0.1, -0.05) is 6.92 Å². The molecule has 0 atom stereocenters. The largest absolute Gasteiger partial charge is 0.478 e. The lowest BCUT2D eigenvalue weighted by Gasteiger charge is -1.96. The molecule has 0 aliphatic carbocycles. The second kappa shape index (κ2) is 3.30. The number of nitrogens with one attached hydrogen (secondary N) is 1. The van der Waals surface area contributed by atoms with Crippen LogP contribution in [0, 0.1) is 0 Å². The molecule has 1 aromatic heterocycles. The topological polar surface area (TPSA) is 90.4 Å². The first-order valence-corrected chi connectivity index (χ1v) is 3.74. The molecule has 5 heteroatoms. The van der Waals surface area contributed by atoms with Gasteiger partial charge in [-0.05, 0) is 6.42 Å². The number of aromatic nitrogens is 1. The number of aromatic carboxylic acids is 2. The minimum atomic E-state index is -1.23. The Bertz CT molecular complexity index is 353. The number of aromatic amines is 1. The van der Waals surface area contributed by atoms with Crippen molar-refractivity contribution in [3.63, 3.8) is 0 Å². The van der Waals surface area contributed by atoms with Gasteiger partial charge < -0.3 is 15.2 Å². The first kappa shape index (κ1) is 9.31. The van der Waals surface area contributed by atoms with Gasteiger partial charge in [-0.15, -0.1) is 0 Å². The van der Waals surface area contributed by atoms with Crippen molar-refractivity contribution in [2.24, 2.45) is 0 Å². The van der Waals surface area contributed by atoms with Crippen LogP contribution in [-0.4, -0.2) is 27.1 Å². The van der Waals surface area contributed by atoms with Crippen LogP contribution in [-0.2, 0) is 6.42 Å². The van der Waals surface area contributed by atoms with Crippen LogP contribution in [0.4, 0.5) is 0 Å². The Morgan fingerprint density at radius 2 is 2.00 bits per heavy atom. The van der Waals surface area contributed by atoms with Crippen LogP contribution in [0.2, 0.25) is 0 Å². The Labute approximate surface area is 74.0 Å². The molecule has 0 bridgehead atoms. The van der Waals surface area contributed by atoms with E-state index in [0.717, 1.165) is 0 Å². The van der Waals surface area contributed by atoms with Gasteiger partial charge in [0.25, 0.3) is 0 Å². The summed E-state index contributed by atoms with van der Waals surface area (Å²) in [6, 6.07) is 0. The number of hydrogen-bond acceptors (Lipinski definition) is 2. The third-order valence-corrected chi connectivity index (χ3v) is 1.76. The molecule has 70 valence electrons. The molecule has 0 aromatic carbocycles. The summed E-state index contributed by atoms with van der Waals surface area (Å²) in [4.78, 5) is 23.9. The van der Waals surface area contributed by atoms with Gasteiger partial charge in [-0.2, -0.15) is 0 Å². The Balaban J connectivity index is 3.30. The molecule has 0 aliphatic heterocycles. The Kier molecular flexibility index (Phi) is 2.36. The quantitative estimate of drug-likeness (QED) is 0.651. The molecular formula is C8H9NO4. The summed E-state index contributed by atoms with van der Waals surface area (Å²) in [7, 11) is 0. The van der Waals surface area contributed by atoms with Crippen LogP contribution >= 0.6 is 0 Å². The highest BCUT2D eigenvalue weighted by atomic mass is 16.4. The number of carboxylic acid groups (broad SMARTS) is 2. The molecule has 3 N–H and O–H groups in total. The van der Waals surface area contributed by atoms with E-state index in [1.807, 2.05) is 0 Å². The Morgan fingerprint density at radius 3 is 2.38 bits per heavy atom.